The summed E-state index contributed by atoms with van der Waals surface area (Å²) in [7, 11) is 0. The molecule has 0 heterocycles. The molecule has 1 aromatic carbocycles. The van der Waals surface area contributed by atoms with E-state index in [1.165, 1.54) is 49.7 Å². The van der Waals surface area contributed by atoms with Gasteiger partial charge in [-0.2, -0.15) is 0 Å². The van der Waals surface area contributed by atoms with Gasteiger partial charge in [0.15, 0.2) is 0 Å². The molecule has 1 nitrogen and oxygen atoms in total. The van der Waals surface area contributed by atoms with Crippen molar-refractivity contribution >= 4 is 0 Å². The van der Waals surface area contributed by atoms with E-state index in [4.69, 9.17) is 5.73 Å². The molecule has 1 saturated carbocycles. The monoisotopic (exact) mass is 287 g/mol. The smallest absolute Gasteiger partial charge is 0.00461 e. The van der Waals surface area contributed by atoms with Gasteiger partial charge in [-0.1, -0.05) is 64.3 Å². The average Bonchev–Trinajstić information content (AvgIpc) is 2.48. The zero-order valence-corrected chi connectivity index (χ0v) is 14.1. The predicted molar refractivity (Wildman–Crippen MR) is 92.5 cm³/mol. The Balaban J connectivity index is 2.00. The first-order valence-electron chi connectivity index (χ1n) is 8.92. The molecular formula is C20H33N. The van der Waals surface area contributed by atoms with Crippen LogP contribution in [0.15, 0.2) is 24.3 Å². The second-order valence-corrected chi connectivity index (χ2v) is 7.32. The third-order valence-electron chi connectivity index (χ3n) is 5.39. The maximum atomic E-state index is 6.03. The third kappa shape index (κ3) is 4.57. The molecule has 2 rings (SSSR count). The zero-order chi connectivity index (χ0) is 15.2. The molecule has 118 valence electrons. The van der Waals surface area contributed by atoms with Gasteiger partial charge in [-0.3, -0.25) is 0 Å². The summed E-state index contributed by atoms with van der Waals surface area (Å²) in [5.74, 6) is 3.10. The molecule has 0 aromatic heterocycles. The second-order valence-electron chi connectivity index (χ2n) is 7.32. The largest absolute Gasteiger partial charge is 0.330 e. The Kier molecular flexibility index (Phi) is 6.29. The molecule has 3 unspecified atom stereocenters. The van der Waals surface area contributed by atoms with Gasteiger partial charge in [0.25, 0.3) is 0 Å². The van der Waals surface area contributed by atoms with E-state index in [-0.39, 0.29) is 0 Å². The van der Waals surface area contributed by atoms with Gasteiger partial charge in [0.2, 0.25) is 0 Å². The fourth-order valence-corrected chi connectivity index (χ4v) is 4.00. The molecule has 0 bridgehead atoms. The molecule has 1 fully saturated rings. The molecule has 3 atom stereocenters. The Bertz CT molecular complexity index is 406. The summed E-state index contributed by atoms with van der Waals surface area (Å²) in [5, 5.41) is 0. The second kappa shape index (κ2) is 7.98. The third-order valence-corrected chi connectivity index (χ3v) is 5.39. The normalized spacial score (nSPS) is 26.2. The highest BCUT2D eigenvalue weighted by atomic mass is 14.6. The molecule has 0 aliphatic heterocycles. The molecule has 0 radical (unpaired) electrons. The van der Waals surface area contributed by atoms with E-state index >= 15 is 0 Å². The van der Waals surface area contributed by atoms with Crippen molar-refractivity contribution in [1.29, 1.82) is 0 Å². The minimum atomic E-state index is 0.624. The summed E-state index contributed by atoms with van der Waals surface area (Å²) in [6.45, 7) is 7.70. The predicted octanol–water partition coefficient (Wildman–Crippen LogP) is 5.14. The topological polar surface area (TPSA) is 26.0 Å². The van der Waals surface area contributed by atoms with Crippen LogP contribution in [0.1, 0.15) is 69.9 Å². The van der Waals surface area contributed by atoms with Gasteiger partial charge in [0, 0.05) is 0 Å². The summed E-state index contributed by atoms with van der Waals surface area (Å²) in [5.41, 5.74) is 8.98. The van der Waals surface area contributed by atoms with Crippen LogP contribution < -0.4 is 5.73 Å². The van der Waals surface area contributed by atoms with E-state index in [0.29, 0.717) is 5.92 Å². The highest BCUT2D eigenvalue weighted by Gasteiger charge is 2.29. The molecule has 0 saturated heterocycles. The Morgan fingerprint density at radius 1 is 1.10 bits per heavy atom. The first-order chi connectivity index (χ1) is 10.1. The molecule has 21 heavy (non-hydrogen) atoms. The zero-order valence-electron chi connectivity index (χ0n) is 14.1. The van der Waals surface area contributed by atoms with Gasteiger partial charge < -0.3 is 5.73 Å². The Labute approximate surface area is 131 Å². The molecule has 1 aromatic rings. The van der Waals surface area contributed by atoms with Crippen molar-refractivity contribution in [2.24, 2.45) is 23.5 Å². The van der Waals surface area contributed by atoms with Gasteiger partial charge in [0.05, 0.1) is 0 Å². The lowest BCUT2D eigenvalue weighted by molar-refractivity contribution is 0.175. The standard InChI is InChI=1S/C20H33N/c1-4-5-16-8-11-19(14-21)20(12-16)13-17-6-9-18(10-7-17)15(2)3/h6-7,9-10,15-16,19-20H,4-5,8,11-14,21H2,1-3H3. The first kappa shape index (κ1) is 16.5. The van der Waals surface area contributed by atoms with Crippen LogP contribution in [0.4, 0.5) is 0 Å². The highest BCUT2D eigenvalue weighted by molar-refractivity contribution is 5.25. The van der Waals surface area contributed by atoms with Crippen molar-refractivity contribution in [3.8, 4) is 0 Å². The minimum Gasteiger partial charge on any atom is -0.330 e. The Morgan fingerprint density at radius 3 is 2.38 bits per heavy atom. The lowest BCUT2D eigenvalue weighted by Gasteiger charge is -2.36. The van der Waals surface area contributed by atoms with Gasteiger partial charge >= 0.3 is 0 Å². The summed E-state index contributed by atoms with van der Waals surface area (Å²) in [6, 6.07) is 9.30. The van der Waals surface area contributed by atoms with Crippen LogP contribution in [0.2, 0.25) is 0 Å². The van der Waals surface area contributed by atoms with Crippen LogP contribution in [0.3, 0.4) is 0 Å². The summed E-state index contributed by atoms with van der Waals surface area (Å²) < 4.78 is 0. The molecule has 1 aliphatic rings. The van der Waals surface area contributed by atoms with Crippen molar-refractivity contribution in [3.63, 3.8) is 0 Å². The van der Waals surface area contributed by atoms with Crippen molar-refractivity contribution in [2.75, 3.05) is 6.54 Å². The molecule has 0 amide bonds. The number of nitrogens with two attached hydrogens (primary N) is 1. The molecule has 1 heteroatoms. The van der Waals surface area contributed by atoms with Gasteiger partial charge in [0.1, 0.15) is 0 Å². The van der Waals surface area contributed by atoms with Gasteiger partial charge in [-0.25, -0.2) is 0 Å². The summed E-state index contributed by atoms with van der Waals surface area (Å²) >= 11 is 0. The van der Waals surface area contributed by atoms with Crippen LogP contribution in [0, 0.1) is 17.8 Å². The van der Waals surface area contributed by atoms with Crippen molar-refractivity contribution in [1.82, 2.24) is 0 Å². The van der Waals surface area contributed by atoms with Gasteiger partial charge in [-0.05, 0) is 60.6 Å². The number of hydrogen-bond donors (Lipinski definition) is 1. The van der Waals surface area contributed by atoms with Gasteiger partial charge in [-0.15, -0.1) is 0 Å². The summed E-state index contributed by atoms with van der Waals surface area (Å²) in [4.78, 5) is 0. The number of hydrogen-bond acceptors (Lipinski definition) is 1. The van der Waals surface area contributed by atoms with Crippen LogP contribution in [-0.4, -0.2) is 6.54 Å². The van der Waals surface area contributed by atoms with Crippen LogP contribution in [0.5, 0.6) is 0 Å². The minimum absolute atomic E-state index is 0.624. The summed E-state index contributed by atoms with van der Waals surface area (Å²) in [6.07, 6.45) is 8.09. The Hall–Kier alpha value is -0.820. The molecule has 1 aliphatic carbocycles. The lowest BCUT2D eigenvalue weighted by Crippen LogP contribution is -2.31. The maximum absolute atomic E-state index is 6.03. The fraction of sp³-hybridized carbons (Fsp3) is 0.700. The highest BCUT2D eigenvalue weighted by Crippen LogP contribution is 2.37. The van der Waals surface area contributed by atoms with Crippen LogP contribution in [-0.2, 0) is 6.42 Å². The maximum Gasteiger partial charge on any atom is -0.00461 e. The van der Waals surface area contributed by atoms with Crippen molar-refractivity contribution in [3.05, 3.63) is 35.4 Å². The number of rotatable bonds is 6. The average molecular weight is 287 g/mol. The van der Waals surface area contributed by atoms with Crippen LogP contribution in [0.25, 0.3) is 0 Å². The van der Waals surface area contributed by atoms with E-state index in [1.807, 2.05) is 0 Å². The van der Waals surface area contributed by atoms with E-state index in [9.17, 15) is 0 Å². The van der Waals surface area contributed by atoms with E-state index < -0.39 is 0 Å². The van der Waals surface area contributed by atoms with Crippen molar-refractivity contribution in [2.45, 2.75) is 65.2 Å². The first-order valence-corrected chi connectivity index (χ1v) is 8.92. The quantitative estimate of drug-likeness (QED) is 0.770. The van der Waals surface area contributed by atoms with E-state index in [0.717, 1.165) is 24.3 Å². The van der Waals surface area contributed by atoms with E-state index in [2.05, 4.69) is 45.0 Å². The number of benzene rings is 1. The molecule has 2 N–H and O–H groups in total. The lowest BCUT2D eigenvalue weighted by atomic mass is 9.70. The molecular weight excluding hydrogens is 254 g/mol. The molecule has 0 spiro atoms. The SMILES string of the molecule is CCCC1CCC(CN)C(Cc2ccc(C(C)C)cc2)C1. The van der Waals surface area contributed by atoms with E-state index in [1.54, 1.807) is 0 Å². The van der Waals surface area contributed by atoms with Crippen LogP contribution >= 0.6 is 0 Å². The van der Waals surface area contributed by atoms with Crippen molar-refractivity contribution < 1.29 is 0 Å². The fourth-order valence-electron chi connectivity index (χ4n) is 4.00. The Morgan fingerprint density at radius 2 is 1.81 bits per heavy atom.